The highest BCUT2D eigenvalue weighted by molar-refractivity contribution is 7.85. The highest BCUT2D eigenvalue weighted by Gasteiger charge is 2.36. The summed E-state index contributed by atoms with van der Waals surface area (Å²) >= 11 is 0. The molecule has 0 saturated heterocycles. The van der Waals surface area contributed by atoms with Crippen LogP contribution in [0.1, 0.15) is 96.8 Å². The van der Waals surface area contributed by atoms with Gasteiger partial charge in [-0.25, -0.2) is 0 Å². The van der Waals surface area contributed by atoms with E-state index >= 15 is 0 Å². The number of aliphatic hydroxyl groups is 2. The molecule has 35 heavy (non-hydrogen) atoms. The first-order valence-corrected chi connectivity index (χ1v) is 15.2. The van der Waals surface area contributed by atoms with E-state index in [1.54, 1.807) is 9.48 Å². The number of carbonyl (C=O) groups is 1. The highest BCUT2D eigenvalue weighted by atomic mass is 32.2. The van der Waals surface area contributed by atoms with Crippen LogP contribution in [-0.2, 0) is 14.9 Å². The van der Waals surface area contributed by atoms with Gasteiger partial charge in [0.15, 0.2) is 0 Å². The zero-order chi connectivity index (χ0) is 25.9. The monoisotopic (exact) mass is 517 g/mol. The van der Waals surface area contributed by atoms with Crippen molar-refractivity contribution in [2.24, 2.45) is 0 Å². The Balaban J connectivity index is 2.29. The number of allylic oxidation sites excluding steroid dienone is 2. The topological polar surface area (TPSA) is 118 Å². The summed E-state index contributed by atoms with van der Waals surface area (Å²) < 4.78 is 32.6. The molecule has 1 heterocycles. The number of carbonyl (C=O) groups excluding carboxylic acids is 1. The largest absolute Gasteiger partial charge is 0.392 e. The normalized spacial score (nSPS) is 15.5. The van der Waals surface area contributed by atoms with Crippen LogP contribution in [0, 0.1) is 0 Å². The molecule has 1 unspecified atom stereocenters. The number of nitrogens with zero attached hydrogens (tertiary/aromatic N) is 2. The van der Waals surface area contributed by atoms with Gasteiger partial charge in [0.2, 0.25) is 5.78 Å². The number of amidine groups is 1. The van der Waals surface area contributed by atoms with Crippen molar-refractivity contribution in [3.63, 3.8) is 0 Å². The summed E-state index contributed by atoms with van der Waals surface area (Å²) in [5, 5.41) is 19.3. The van der Waals surface area contributed by atoms with Gasteiger partial charge >= 0.3 is 5.84 Å². The third kappa shape index (κ3) is 15.4. The lowest BCUT2D eigenvalue weighted by atomic mass is 10.1. The van der Waals surface area contributed by atoms with Crippen LogP contribution in [0.4, 0.5) is 0 Å². The average molecular weight is 518 g/mol. The Morgan fingerprint density at radius 2 is 1.57 bits per heavy atom. The second-order valence-corrected chi connectivity index (χ2v) is 11.1. The van der Waals surface area contributed by atoms with Crippen LogP contribution in [0.5, 0.6) is 0 Å². The first-order valence-electron chi connectivity index (χ1n) is 13.6. The van der Waals surface area contributed by atoms with Crippen LogP contribution >= 0.6 is 0 Å². The fraction of sp³-hybridized carbons (Fsp3) is 0.846. The first-order chi connectivity index (χ1) is 16.8. The van der Waals surface area contributed by atoms with E-state index in [1.165, 1.54) is 64.2 Å². The number of hydrogen-bond donors (Lipinski definition) is 3. The van der Waals surface area contributed by atoms with Crippen molar-refractivity contribution in [3.05, 3.63) is 12.2 Å². The van der Waals surface area contributed by atoms with Crippen molar-refractivity contribution in [2.45, 2.75) is 103 Å². The fourth-order valence-electron chi connectivity index (χ4n) is 4.55. The van der Waals surface area contributed by atoms with E-state index in [0.29, 0.717) is 38.3 Å². The van der Waals surface area contributed by atoms with Gasteiger partial charge in [-0.3, -0.25) is 18.8 Å². The molecule has 0 aliphatic carbocycles. The number of Topliss-reactive ketones (excluding diaryl/α,β-unsaturated/α-hetero) is 1. The van der Waals surface area contributed by atoms with Crippen molar-refractivity contribution in [3.8, 4) is 0 Å². The molecule has 204 valence electrons. The summed E-state index contributed by atoms with van der Waals surface area (Å²) in [7, 11) is -4.30. The second kappa shape index (κ2) is 18.9. The maximum absolute atomic E-state index is 12.9. The number of unbranched alkanes of at least 4 members (excludes halogenated alkanes) is 11. The molecule has 0 aromatic heterocycles. The molecule has 3 N–H and O–H groups in total. The van der Waals surface area contributed by atoms with Crippen molar-refractivity contribution in [2.75, 3.05) is 38.5 Å². The van der Waals surface area contributed by atoms with Gasteiger partial charge in [-0.05, 0) is 25.7 Å². The molecule has 8 nitrogen and oxygen atoms in total. The maximum atomic E-state index is 12.9. The molecule has 0 amide bonds. The molecular weight excluding hydrogens is 468 g/mol. The summed E-state index contributed by atoms with van der Waals surface area (Å²) in [4.78, 5) is 14.6. The van der Waals surface area contributed by atoms with Gasteiger partial charge < -0.3 is 10.2 Å². The lowest BCUT2D eigenvalue weighted by molar-refractivity contribution is -0.525. The van der Waals surface area contributed by atoms with Crippen molar-refractivity contribution >= 4 is 21.7 Å². The summed E-state index contributed by atoms with van der Waals surface area (Å²) in [6.45, 7) is 3.40. The minimum absolute atomic E-state index is 0.0540. The molecule has 1 aliphatic rings. The summed E-state index contributed by atoms with van der Waals surface area (Å²) in [6, 6.07) is 0. The molecule has 0 aromatic carbocycles. The number of aliphatic hydroxyl groups excluding tert-OH is 2. The Morgan fingerprint density at radius 3 is 2.14 bits per heavy atom. The third-order valence-corrected chi connectivity index (χ3v) is 7.16. The molecule has 0 radical (unpaired) electrons. The number of β-amino-alcohol motifs (C(OH)–C–C–N with tert-alkyl or cyclic N) is 2. The molecule has 1 atom stereocenters. The van der Waals surface area contributed by atoms with Gasteiger partial charge in [-0.15, -0.1) is 0 Å². The van der Waals surface area contributed by atoms with Crippen LogP contribution in [0.2, 0.25) is 0 Å². The van der Waals surface area contributed by atoms with E-state index in [-0.39, 0.29) is 18.9 Å². The van der Waals surface area contributed by atoms with Gasteiger partial charge in [0.1, 0.15) is 38.0 Å². The average Bonchev–Trinajstić information content (AvgIpc) is 3.17. The number of hydrogen-bond acceptors (Lipinski definition) is 6. The number of rotatable bonds is 22. The first kappa shape index (κ1) is 31.7. The van der Waals surface area contributed by atoms with Crippen molar-refractivity contribution in [1.82, 2.24) is 4.90 Å². The van der Waals surface area contributed by atoms with E-state index in [0.717, 1.165) is 12.8 Å². The Labute approximate surface area is 212 Å². The summed E-state index contributed by atoms with van der Waals surface area (Å²) in [5.41, 5.74) is 0. The zero-order valence-corrected chi connectivity index (χ0v) is 22.6. The molecule has 1 rings (SSSR count). The SMILES string of the molecule is CCCCCCCCCCCC/C=C/CCCC(=O)C1=[N+](CC(O)CS(=O)(=O)O)CCN1CCO. The Morgan fingerprint density at radius 1 is 1.00 bits per heavy atom. The molecule has 0 spiro atoms. The molecule has 0 aromatic rings. The second-order valence-electron chi connectivity index (χ2n) is 9.64. The van der Waals surface area contributed by atoms with E-state index in [4.69, 9.17) is 4.55 Å². The van der Waals surface area contributed by atoms with Crippen molar-refractivity contribution in [1.29, 1.82) is 0 Å². The quantitative estimate of drug-likeness (QED) is 0.0870. The van der Waals surface area contributed by atoms with Gasteiger partial charge in [0.25, 0.3) is 10.1 Å². The smallest absolute Gasteiger partial charge is 0.316 e. The molecule has 1 aliphatic heterocycles. The Bertz CT molecular complexity index is 751. The minimum atomic E-state index is -4.30. The molecule has 0 bridgehead atoms. The van der Waals surface area contributed by atoms with E-state index in [1.807, 2.05) is 0 Å². The molecule has 0 saturated carbocycles. The standard InChI is InChI=1S/C26H48N2O6S/c1-2-3-4-5-6-7-8-9-10-11-12-13-14-15-16-17-25(31)26-27(20-21-29)18-19-28(26)22-24(30)23-35(32,33)34/h13-14,24,29-30H,2-12,15-23H2,1H3/p+1/b14-13+. The van der Waals surface area contributed by atoms with Crippen LogP contribution in [0.3, 0.4) is 0 Å². The van der Waals surface area contributed by atoms with Gasteiger partial charge in [-0.2, -0.15) is 8.42 Å². The predicted octanol–water partition coefficient (Wildman–Crippen LogP) is 3.56. The third-order valence-electron chi connectivity index (χ3n) is 6.36. The highest BCUT2D eigenvalue weighted by Crippen LogP contribution is 2.12. The fourth-order valence-corrected chi connectivity index (χ4v) is 5.14. The van der Waals surface area contributed by atoms with Crippen LogP contribution in [0.25, 0.3) is 0 Å². The Kier molecular flexibility index (Phi) is 17.1. The van der Waals surface area contributed by atoms with E-state index < -0.39 is 22.0 Å². The summed E-state index contributed by atoms with van der Waals surface area (Å²) in [5.74, 6) is -0.421. The maximum Gasteiger partial charge on any atom is 0.316 e. The lowest BCUT2D eigenvalue weighted by Gasteiger charge is -2.12. The molecule has 0 fully saturated rings. The van der Waals surface area contributed by atoms with Crippen molar-refractivity contribution < 1.29 is 32.6 Å². The van der Waals surface area contributed by atoms with Gasteiger partial charge in [0, 0.05) is 6.42 Å². The summed E-state index contributed by atoms with van der Waals surface area (Å²) in [6.07, 6.45) is 19.3. The zero-order valence-electron chi connectivity index (χ0n) is 21.7. The van der Waals surface area contributed by atoms with Crippen LogP contribution in [0.15, 0.2) is 12.2 Å². The minimum Gasteiger partial charge on any atom is -0.392 e. The molecule has 9 heteroatoms. The van der Waals surface area contributed by atoms with Gasteiger partial charge in [-0.1, -0.05) is 76.9 Å². The Hall–Kier alpha value is -1.29. The van der Waals surface area contributed by atoms with Crippen LogP contribution < -0.4 is 0 Å². The van der Waals surface area contributed by atoms with Gasteiger partial charge in [0.05, 0.1) is 6.61 Å². The molecular formula is C26H49N2O6S+. The number of ketones is 1. The predicted molar refractivity (Wildman–Crippen MR) is 141 cm³/mol. The lowest BCUT2D eigenvalue weighted by Crippen LogP contribution is -2.40. The van der Waals surface area contributed by atoms with E-state index in [9.17, 15) is 23.4 Å². The van der Waals surface area contributed by atoms with Crippen LogP contribution in [-0.4, -0.2) is 88.9 Å². The van der Waals surface area contributed by atoms with E-state index in [2.05, 4.69) is 19.1 Å².